The Morgan fingerprint density at radius 3 is 2.76 bits per heavy atom. The molecule has 116 valence electrons. The van der Waals surface area contributed by atoms with E-state index in [9.17, 15) is 4.79 Å². The summed E-state index contributed by atoms with van der Waals surface area (Å²) in [7, 11) is 0. The van der Waals surface area contributed by atoms with E-state index in [0.29, 0.717) is 11.2 Å². The van der Waals surface area contributed by atoms with Crippen LogP contribution in [0.3, 0.4) is 0 Å². The standard InChI is InChI=1S/C15H23N3O2S/c1-4-20-12-8-11(15(12)6-5-7-15)17-13(19)18-14-16-9(2)10(3)21-14/h11-12H,4-8H2,1-3H3,(H2,16,17,18,19). The molecule has 2 saturated carbocycles. The minimum atomic E-state index is -0.144. The Morgan fingerprint density at radius 2 is 2.24 bits per heavy atom. The number of aryl methyl sites for hydroxylation is 2. The van der Waals surface area contributed by atoms with Crippen molar-refractivity contribution in [1.82, 2.24) is 10.3 Å². The number of nitrogens with zero attached hydrogens (tertiary/aromatic N) is 1. The summed E-state index contributed by atoms with van der Waals surface area (Å²) in [6, 6.07) is 0.0972. The van der Waals surface area contributed by atoms with Crippen LogP contribution in [-0.4, -0.2) is 29.8 Å². The van der Waals surface area contributed by atoms with E-state index in [2.05, 4.69) is 15.6 Å². The molecule has 1 spiro atoms. The highest BCUT2D eigenvalue weighted by molar-refractivity contribution is 7.15. The van der Waals surface area contributed by atoms with E-state index in [0.717, 1.165) is 36.4 Å². The highest BCUT2D eigenvalue weighted by atomic mass is 32.1. The lowest BCUT2D eigenvalue weighted by atomic mass is 9.51. The number of hydrogen-bond donors (Lipinski definition) is 2. The molecule has 0 aliphatic heterocycles. The van der Waals surface area contributed by atoms with Gasteiger partial charge in [-0.05, 0) is 40.0 Å². The average Bonchev–Trinajstić information content (AvgIpc) is 2.64. The zero-order valence-electron chi connectivity index (χ0n) is 12.9. The molecule has 1 aromatic heterocycles. The Hall–Kier alpha value is -1.14. The Labute approximate surface area is 129 Å². The minimum absolute atomic E-state index is 0.144. The van der Waals surface area contributed by atoms with Crippen LogP contribution in [0.25, 0.3) is 0 Å². The van der Waals surface area contributed by atoms with Crippen LogP contribution in [0.2, 0.25) is 0 Å². The molecule has 21 heavy (non-hydrogen) atoms. The van der Waals surface area contributed by atoms with Gasteiger partial charge in [0, 0.05) is 22.9 Å². The molecule has 2 amide bonds. The molecule has 5 nitrogen and oxygen atoms in total. The molecule has 6 heteroatoms. The van der Waals surface area contributed by atoms with Gasteiger partial charge in [-0.15, -0.1) is 11.3 Å². The van der Waals surface area contributed by atoms with Gasteiger partial charge in [0.15, 0.2) is 5.13 Å². The molecular formula is C15H23N3O2S. The number of carbonyl (C=O) groups is 1. The molecule has 2 aliphatic carbocycles. The van der Waals surface area contributed by atoms with Crippen LogP contribution in [0.5, 0.6) is 0 Å². The molecule has 0 radical (unpaired) electrons. The second-order valence-electron chi connectivity index (χ2n) is 6.08. The van der Waals surface area contributed by atoms with Crippen LogP contribution in [0.15, 0.2) is 0 Å². The van der Waals surface area contributed by atoms with Gasteiger partial charge in [0.05, 0.1) is 11.8 Å². The highest BCUT2D eigenvalue weighted by Gasteiger charge is 2.59. The minimum Gasteiger partial charge on any atom is -0.378 e. The van der Waals surface area contributed by atoms with Crippen LogP contribution in [0.1, 0.15) is 43.2 Å². The van der Waals surface area contributed by atoms with Crippen LogP contribution in [0.4, 0.5) is 9.93 Å². The fourth-order valence-electron chi connectivity index (χ4n) is 3.46. The van der Waals surface area contributed by atoms with Crippen LogP contribution >= 0.6 is 11.3 Å². The van der Waals surface area contributed by atoms with Crippen molar-refractivity contribution in [1.29, 1.82) is 0 Å². The maximum Gasteiger partial charge on any atom is 0.321 e. The second kappa shape index (κ2) is 5.57. The van der Waals surface area contributed by atoms with Gasteiger partial charge in [0.2, 0.25) is 0 Å². The van der Waals surface area contributed by atoms with Crippen molar-refractivity contribution in [3.63, 3.8) is 0 Å². The van der Waals surface area contributed by atoms with Gasteiger partial charge in [-0.2, -0.15) is 0 Å². The van der Waals surface area contributed by atoms with E-state index in [-0.39, 0.29) is 17.5 Å². The van der Waals surface area contributed by atoms with E-state index < -0.39 is 0 Å². The Kier molecular flexibility index (Phi) is 3.92. The predicted octanol–water partition coefficient (Wildman–Crippen LogP) is 3.23. The zero-order valence-corrected chi connectivity index (χ0v) is 13.7. The van der Waals surface area contributed by atoms with Crippen LogP contribution < -0.4 is 10.6 Å². The molecular weight excluding hydrogens is 286 g/mol. The van der Waals surface area contributed by atoms with Crippen LogP contribution in [0, 0.1) is 19.3 Å². The molecule has 2 atom stereocenters. The van der Waals surface area contributed by atoms with E-state index in [1.54, 1.807) is 0 Å². The van der Waals surface area contributed by atoms with Gasteiger partial charge >= 0.3 is 6.03 Å². The summed E-state index contributed by atoms with van der Waals surface area (Å²) < 4.78 is 5.80. The van der Waals surface area contributed by atoms with Gasteiger partial charge in [0.25, 0.3) is 0 Å². The molecule has 0 bridgehead atoms. The van der Waals surface area contributed by atoms with Gasteiger partial charge in [-0.3, -0.25) is 5.32 Å². The fraction of sp³-hybridized carbons (Fsp3) is 0.733. The average molecular weight is 309 g/mol. The molecule has 1 heterocycles. The lowest BCUT2D eigenvalue weighted by molar-refractivity contribution is -0.169. The molecule has 2 unspecified atom stereocenters. The number of hydrogen-bond acceptors (Lipinski definition) is 4. The van der Waals surface area contributed by atoms with Crippen LogP contribution in [-0.2, 0) is 4.74 Å². The normalized spacial score (nSPS) is 26.0. The summed E-state index contributed by atoms with van der Waals surface area (Å²) in [5.41, 5.74) is 1.17. The molecule has 0 saturated heterocycles. The number of aromatic nitrogens is 1. The maximum absolute atomic E-state index is 12.1. The first-order valence-corrected chi connectivity index (χ1v) is 8.50. The first-order valence-electron chi connectivity index (χ1n) is 7.68. The summed E-state index contributed by atoms with van der Waals surface area (Å²) in [5, 5.41) is 6.64. The lowest BCUT2D eigenvalue weighted by Gasteiger charge is -2.60. The first-order chi connectivity index (χ1) is 10.0. The summed E-state index contributed by atoms with van der Waals surface area (Å²) in [4.78, 5) is 17.6. The number of ether oxygens (including phenoxy) is 1. The molecule has 3 rings (SSSR count). The predicted molar refractivity (Wildman–Crippen MR) is 83.8 cm³/mol. The SMILES string of the molecule is CCOC1CC(NC(=O)Nc2nc(C)c(C)s2)C12CCC2. The number of anilines is 1. The lowest BCUT2D eigenvalue weighted by Crippen LogP contribution is -2.68. The number of urea groups is 1. The van der Waals surface area contributed by atoms with E-state index in [1.165, 1.54) is 17.8 Å². The molecule has 2 aliphatic rings. The fourth-order valence-corrected chi connectivity index (χ4v) is 4.27. The van der Waals surface area contributed by atoms with Crippen molar-refractivity contribution in [2.75, 3.05) is 11.9 Å². The van der Waals surface area contributed by atoms with Gasteiger partial charge in [0.1, 0.15) is 0 Å². The van der Waals surface area contributed by atoms with E-state index >= 15 is 0 Å². The number of amides is 2. The summed E-state index contributed by atoms with van der Waals surface area (Å²) >= 11 is 1.52. The van der Waals surface area contributed by atoms with Crippen molar-refractivity contribution in [3.05, 3.63) is 10.6 Å². The Bertz CT molecular complexity index is 520. The van der Waals surface area contributed by atoms with E-state index in [4.69, 9.17) is 4.74 Å². The molecule has 1 aromatic rings. The molecule has 0 aromatic carbocycles. The monoisotopic (exact) mass is 309 g/mol. The number of thiazole rings is 1. The maximum atomic E-state index is 12.1. The van der Waals surface area contributed by atoms with E-state index in [1.807, 2.05) is 20.8 Å². The third kappa shape index (κ3) is 2.55. The number of rotatable bonds is 4. The summed E-state index contributed by atoms with van der Waals surface area (Å²) in [5.74, 6) is 0. The summed E-state index contributed by atoms with van der Waals surface area (Å²) in [6.07, 6.45) is 4.83. The van der Waals surface area contributed by atoms with Crippen molar-refractivity contribution < 1.29 is 9.53 Å². The second-order valence-corrected chi connectivity index (χ2v) is 7.28. The van der Waals surface area contributed by atoms with Crippen molar-refractivity contribution in [2.45, 2.75) is 58.6 Å². The third-order valence-corrected chi connectivity index (χ3v) is 5.98. The summed E-state index contributed by atoms with van der Waals surface area (Å²) in [6.45, 7) is 6.75. The number of carbonyl (C=O) groups excluding carboxylic acids is 1. The Balaban J connectivity index is 1.56. The van der Waals surface area contributed by atoms with Gasteiger partial charge < -0.3 is 10.1 Å². The van der Waals surface area contributed by atoms with Crippen molar-refractivity contribution >= 4 is 22.5 Å². The molecule has 2 N–H and O–H groups in total. The number of nitrogens with one attached hydrogen (secondary N) is 2. The van der Waals surface area contributed by atoms with Gasteiger partial charge in [-0.1, -0.05) is 6.42 Å². The van der Waals surface area contributed by atoms with Crippen molar-refractivity contribution in [2.24, 2.45) is 5.41 Å². The topological polar surface area (TPSA) is 63.2 Å². The smallest absolute Gasteiger partial charge is 0.321 e. The highest BCUT2D eigenvalue weighted by Crippen LogP contribution is 2.57. The Morgan fingerprint density at radius 1 is 1.48 bits per heavy atom. The zero-order chi connectivity index (χ0) is 15.0. The van der Waals surface area contributed by atoms with Crippen molar-refractivity contribution in [3.8, 4) is 0 Å². The third-order valence-electron chi connectivity index (χ3n) is 4.99. The quantitative estimate of drug-likeness (QED) is 0.897. The largest absolute Gasteiger partial charge is 0.378 e. The van der Waals surface area contributed by atoms with Gasteiger partial charge in [-0.25, -0.2) is 9.78 Å². The first kappa shape index (κ1) is 14.8. The molecule has 2 fully saturated rings.